The minimum Gasteiger partial charge on any atom is -0.393 e. The van der Waals surface area contributed by atoms with Gasteiger partial charge in [0.15, 0.2) is 0 Å². The number of aliphatic hydroxyl groups is 1. The molecule has 1 aliphatic rings. The van der Waals surface area contributed by atoms with Crippen molar-refractivity contribution < 1.29 is 14.6 Å². The first-order chi connectivity index (χ1) is 10.6. The van der Waals surface area contributed by atoms with Gasteiger partial charge in [-0.1, -0.05) is 12.1 Å². The topological polar surface area (TPSA) is 75.6 Å². The summed E-state index contributed by atoms with van der Waals surface area (Å²) in [5.41, 5.74) is 1.80. The molecule has 1 saturated heterocycles. The summed E-state index contributed by atoms with van der Waals surface area (Å²) in [5.74, 6) is -0.160. The zero-order valence-corrected chi connectivity index (χ0v) is 12.5. The van der Waals surface area contributed by atoms with E-state index in [4.69, 9.17) is 4.74 Å². The Morgan fingerprint density at radius 2 is 2.23 bits per heavy atom. The fraction of sp³-hybridized carbons (Fsp3) is 0.438. The molecular weight excluding hydrogens is 282 g/mol. The summed E-state index contributed by atoms with van der Waals surface area (Å²) in [4.78, 5) is 23.2. The fourth-order valence-electron chi connectivity index (χ4n) is 2.72. The number of morpholine rings is 1. The van der Waals surface area contributed by atoms with Crippen LogP contribution in [0.5, 0.6) is 0 Å². The van der Waals surface area contributed by atoms with E-state index < -0.39 is 6.10 Å². The van der Waals surface area contributed by atoms with Crippen LogP contribution in [0.3, 0.4) is 0 Å². The van der Waals surface area contributed by atoms with Crippen molar-refractivity contribution in [2.45, 2.75) is 25.5 Å². The van der Waals surface area contributed by atoms with Crippen molar-refractivity contribution in [3.8, 4) is 0 Å². The Bertz CT molecular complexity index is 674. The van der Waals surface area contributed by atoms with Gasteiger partial charge in [-0.05, 0) is 25.5 Å². The second-order valence-corrected chi connectivity index (χ2v) is 5.56. The van der Waals surface area contributed by atoms with Crippen molar-refractivity contribution in [2.75, 3.05) is 19.8 Å². The summed E-state index contributed by atoms with van der Waals surface area (Å²) in [7, 11) is 0. The highest BCUT2D eigenvalue weighted by Crippen LogP contribution is 2.17. The zero-order valence-electron chi connectivity index (χ0n) is 12.5. The molecule has 1 amide bonds. The molecule has 0 radical (unpaired) electrons. The van der Waals surface area contributed by atoms with E-state index in [2.05, 4.69) is 9.97 Å². The second-order valence-electron chi connectivity index (χ2n) is 5.56. The number of aromatic nitrogens is 2. The van der Waals surface area contributed by atoms with E-state index >= 15 is 0 Å². The van der Waals surface area contributed by atoms with Crippen LogP contribution in [0.2, 0.25) is 0 Å². The summed E-state index contributed by atoms with van der Waals surface area (Å²) in [5, 5.41) is 9.59. The summed E-state index contributed by atoms with van der Waals surface area (Å²) in [6.45, 7) is 3.17. The lowest BCUT2D eigenvalue weighted by molar-refractivity contribution is -0.0155. The van der Waals surface area contributed by atoms with Crippen molar-refractivity contribution in [1.82, 2.24) is 14.9 Å². The number of amides is 1. The van der Waals surface area contributed by atoms with Crippen molar-refractivity contribution in [1.29, 1.82) is 0 Å². The summed E-state index contributed by atoms with van der Waals surface area (Å²) >= 11 is 0. The molecule has 2 atom stereocenters. The number of nitrogens with zero attached hydrogens (tertiary/aromatic N) is 3. The summed E-state index contributed by atoms with van der Waals surface area (Å²) in [6.07, 6.45) is 1.52. The molecule has 1 aromatic heterocycles. The SMILES string of the molecule is CC(O)CC1COCCN1C(=O)c1cnc2ccccc2n1. The molecular formula is C16H19N3O3. The third-order valence-electron chi connectivity index (χ3n) is 3.77. The number of aliphatic hydroxyl groups excluding tert-OH is 1. The van der Waals surface area contributed by atoms with Gasteiger partial charge >= 0.3 is 0 Å². The van der Waals surface area contributed by atoms with Crippen LogP contribution < -0.4 is 0 Å². The first-order valence-corrected chi connectivity index (χ1v) is 7.43. The lowest BCUT2D eigenvalue weighted by Gasteiger charge is -2.36. The first-order valence-electron chi connectivity index (χ1n) is 7.43. The van der Waals surface area contributed by atoms with E-state index in [1.54, 1.807) is 11.8 Å². The lowest BCUT2D eigenvalue weighted by Crippen LogP contribution is -2.50. The molecule has 0 spiro atoms. The highest BCUT2D eigenvalue weighted by atomic mass is 16.5. The van der Waals surface area contributed by atoms with Gasteiger partial charge in [0.25, 0.3) is 5.91 Å². The van der Waals surface area contributed by atoms with Crippen molar-refractivity contribution in [2.24, 2.45) is 0 Å². The third-order valence-corrected chi connectivity index (χ3v) is 3.77. The molecule has 1 aromatic carbocycles. The quantitative estimate of drug-likeness (QED) is 0.923. The minimum atomic E-state index is -0.482. The number of fused-ring (bicyclic) bond motifs is 1. The van der Waals surface area contributed by atoms with Gasteiger partial charge in [0.05, 0.1) is 42.6 Å². The number of ether oxygens (including phenoxy) is 1. The van der Waals surface area contributed by atoms with Crippen LogP contribution in [-0.2, 0) is 4.74 Å². The van der Waals surface area contributed by atoms with Gasteiger partial charge in [0.2, 0.25) is 0 Å². The lowest BCUT2D eigenvalue weighted by atomic mass is 10.1. The molecule has 6 heteroatoms. The van der Waals surface area contributed by atoms with Gasteiger partial charge in [-0.15, -0.1) is 0 Å². The Morgan fingerprint density at radius 1 is 1.45 bits per heavy atom. The average Bonchev–Trinajstić information content (AvgIpc) is 2.54. The molecule has 1 aliphatic heterocycles. The normalized spacial score (nSPS) is 20.1. The van der Waals surface area contributed by atoms with Crippen LogP contribution in [0.1, 0.15) is 23.8 Å². The van der Waals surface area contributed by atoms with Gasteiger partial charge < -0.3 is 14.7 Å². The highest BCUT2D eigenvalue weighted by molar-refractivity contribution is 5.94. The number of benzene rings is 1. The second kappa shape index (κ2) is 6.37. The van der Waals surface area contributed by atoms with Gasteiger partial charge in [-0.25, -0.2) is 4.98 Å². The van der Waals surface area contributed by atoms with Crippen molar-refractivity contribution in [3.05, 3.63) is 36.2 Å². The molecule has 0 bridgehead atoms. The van der Waals surface area contributed by atoms with Crippen LogP contribution in [-0.4, -0.2) is 57.8 Å². The molecule has 2 heterocycles. The molecule has 1 fully saturated rings. The van der Waals surface area contributed by atoms with Gasteiger partial charge in [0.1, 0.15) is 5.69 Å². The molecule has 1 N–H and O–H groups in total. The summed E-state index contributed by atoms with van der Waals surface area (Å²) < 4.78 is 5.43. The van der Waals surface area contributed by atoms with E-state index in [0.29, 0.717) is 37.4 Å². The fourth-order valence-corrected chi connectivity index (χ4v) is 2.72. The maximum Gasteiger partial charge on any atom is 0.274 e. The monoisotopic (exact) mass is 301 g/mol. The van der Waals surface area contributed by atoms with E-state index in [0.717, 1.165) is 5.52 Å². The van der Waals surface area contributed by atoms with E-state index in [1.807, 2.05) is 24.3 Å². The Balaban J connectivity index is 1.86. The number of hydrogen-bond acceptors (Lipinski definition) is 5. The van der Waals surface area contributed by atoms with Gasteiger partial charge in [-0.2, -0.15) is 0 Å². The predicted octanol–water partition coefficient (Wildman–Crippen LogP) is 1.24. The smallest absolute Gasteiger partial charge is 0.274 e. The maximum absolute atomic E-state index is 12.7. The Labute approximate surface area is 128 Å². The molecule has 22 heavy (non-hydrogen) atoms. The Kier molecular flexibility index (Phi) is 4.31. The molecule has 0 saturated carbocycles. The van der Waals surface area contributed by atoms with Crippen LogP contribution in [0, 0.1) is 0 Å². The van der Waals surface area contributed by atoms with Crippen molar-refractivity contribution in [3.63, 3.8) is 0 Å². The molecule has 2 unspecified atom stereocenters. The molecule has 6 nitrogen and oxygen atoms in total. The number of carbonyl (C=O) groups is 1. The van der Waals surface area contributed by atoms with E-state index in [-0.39, 0.29) is 11.9 Å². The van der Waals surface area contributed by atoms with Crippen LogP contribution in [0.15, 0.2) is 30.5 Å². The van der Waals surface area contributed by atoms with Gasteiger partial charge in [0, 0.05) is 6.54 Å². The maximum atomic E-state index is 12.7. The van der Waals surface area contributed by atoms with Gasteiger partial charge in [-0.3, -0.25) is 9.78 Å². The first kappa shape index (κ1) is 14.9. The molecule has 116 valence electrons. The Hall–Kier alpha value is -2.05. The molecule has 2 aromatic rings. The predicted molar refractivity (Wildman–Crippen MR) is 81.5 cm³/mol. The highest BCUT2D eigenvalue weighted by Gasteiger charge is 2.29. The largest absolute Gasteiger partial charge is 0.393 e. The Morgan fingerprint density at radius 3 is 3.00 bits per heavy atom. The van der Waals surface area contributed by atoms with Crippen LogP contribution in [0.25, 0.3) is 11.0 Å². The van der Waals surface area contributed by atoms with E-state index in [1.165, 1.54) is 6.20 Å². The average molecular weight is 301 g/mol. The zero-order chi connectivity index (χ0) is 15.5. The summed E-state index contributed by atoms with van der Waals surface area (Å²) in [6, 6.07) is 7.33. The van der Waals surface area contributed by atoms with Crippen LogP contribution in [0.4, 0.5) is 0 Å². The third kappa shape index (κ3) is 3.08. The number of rotatable bonds is 3. The van der Waals surface area contributed by atoms with E-state index in [9.17, 15) is 9.90 Å². The number of carbonyl (C=O) groups excluding carboxylic acids is 1. The number of hydrogen-bond donors (Lipinski definition) is 1. The van der Waals surface area contributed by atoms with Crippen molar-refractivity contribution >= 4 is 16.9 Å². The minimum absolute atomic E-state index is 0.130. The number of para-hydroxylation sites is 2. The molecule has 3 rings (SSSR count). The standard InChI is InChI=1S/C16H19N3O3/c1-11(20)8-12-10-22-7-6-19(12)16(21)15-9-17-13-4-2-3-5-14(13)18-15/h2-5,9,11-12,20H,6-8,10H2,1H3. The van der Waals surface area contributed by atoms with Crippen LogP contribution >= 0.6 is 0 Å². The molecule has 0 aliphatic carbocycles.